The largest absolute Gasteiger partial charge is 0.327 e. The molecular weight excluding hydrogens is 266 g/mol. The van der Waals surface area contributed by atoms with Crippen LogP contribution < -0.4 is 5.73 Å². The maximum atomic E-state index is 11.8. The molecule has 1 aromatic carbocycles. The average Bonchev–Trinajstić information content (AvgIpc) is 2.21. The third kappa shape index (κ3) is 4.06. The van der Waals surface area contributed by atoms with Crippen LogP contribution in [0.5, 0.6) is 0 Å². The molecule has 0 bridgehead atoms. The van der Waals surface area contributed by atoms with Crippen LogP contribution in [-0.2, 0) is 11.2 Å². The number of halogens is 1. The lowest BCUT2D eigenvalue weighted by Gasteiger charge is -2.14. The Bertz CT molecular complexity index is 363. The number of nitrogens with two attached hydrogens (primary N) is 1. The van der Waals surface area contributed by atoms with Gasteiger partial charge in [-0.05, 0) is 17.5 Å². The number of ketones is 1. The molecule has 88 valence electrons. The smallest absolute Gasteiger partial charge is 0.138 e. The normalized spacial score (nSPS) is 12.8. The van der Waals surface area contributed by atoms with E-state index >= 15 is 0 Å². The summed E-state index contributed by atoms with van der Waals surface area (Å²) < 4.78 is 0.987. The standard InChI is InChI=1S/C13H18BrNO/c1-9(2)13(15)8-11(16)7-10-5-3-4-6-12(10)14/h3-6,9,13H,7-8,15H2,1-2H3. The molecular formula is C13H18BrNO. The predicted octanol–water partition coefficient (Wildman–Crippen LogP) is 2.93. The molecule has 0 spiro atoms. The Labute approximate surface area is 105 Å². The molecule has 0 aliphatic rings. The van der Waals surface area contributed by atoms with Crippen molar-refractivity contribution in [2.75, 3.05) is 0 Å². The highest BCUT2D eigenvalue weighted by Gasteiger charge is 2.14. The molecule has 16 heavy (non-hydrogen) atoms. The summed E-state index contributed by atoms with van der Waals surface area (Å²) in [6.45, 7) is 4.08. The van der Waals surface area contributed by atoms with Gasteiger partial charge in [0.15, 0.2) is 0 Å². The van der Waals surface area contributed by atoms with E-state index in [4.69, 9.17) is 5.73 Å². The Balaban J connectivity index is 2.55. The van der Waals surface area contributed by atoms with E-state index in [2.05, 4.69) is 15.9 Å². The third-order valence-electron chi connectivity index (χ3n) is 2.67. The highest BCUT2D eigenvalue weighted by atomic mass is 79.9. The van der Waals surface area contributed by atoms with Crippen molar-refractivity contribution in [3.63, 3.8) is 0 Å². The molecule has 1 atom stereocenters. The summed E-state index contributed by atoms with van der Waals surface area (Å²) in [6.07, 6.45) is 0.918. The second-order valence-corrected chi connectivity index (χ2v) is 5.27. The van der Waals surface area contributed by atoms with Gasteiger partial charge in [-0.25, -0.2) is 0 Å². The molecule has 1 rings (SSSR count). The summed E-state index contributed by atoms with van der Waals surface area (Å²) in [6, 6.07) is 7.76. The molecule has 2 N–H and O–H groups in total. The minimum absolute atomic E-state index is 0.0324. The van der Waals surface area contributed by atoms with Gasteiger partial charge in [-0.1, -0.05) is 48.0 Å². The zero-order valence-electron chi connectivity index (χ0n) is 9.74. The number of hydrogen-bond acceptors (Lipinski definition) is 2. The average molecular weight is 284 g/mol. The number of carbonyl (C=O) groups excluding carboxylic acids is 1. The van der Waals surface area contributed by atoms with Crippen LogP contribution in [0.4, 0.5) is 0 Å². The Morgan fingerprint density at radius 2 is 2.00 bits per heavy atom. The van der Waals surface area contributed by atoms with Crippen LogP contribution in [0.25, 0.3) is 0 Å². The molecule has 0 amide bonds. The molecule has 1 aromatic rings. The fraction of sp³-hybridized carbons (Fsp3) is 0.462. The summed E-state index contributed by atoms with van der Waals surface area (Å²) in [5.74, 6) is 0.552. The van der Waals surface area contributed by atoms with E-state index in [1.54, 1.807) is 0 Å². The van der Waals surface area contributed by atoms with E-state index in [1.165, 1.54) is 0 Å². The number of carbonyl (C=O) groups is 1. The van der Waals surface area contributed by atoms with Crippen LogP contribution in [0.15, 0.2) is 28.7 Å². The van der Waals surface area contributed by atoms with Crippen molar-refractivity contribution in [2.24, 2.45) is 11.7 Å². The van der Waals surface area contributed by atoms with Crippen molar-refractivity contribution >= 4 is 21.7 Å². The second kappa shape index (κ2) is 6.16. The lowest BCUT2D eigenvalue weighted by Crippen LogP contribution is -2.29. The highest BCUT2D eigenvalue weighted by molar-refractivity contribution is 9.10. The first-order chi connectivity index (χ1) is 7.50. The lowest BCUT2D eigenvalue weighted by molar-refractivity contribution is -0.118. The van der Waals surface area contributed by atoms with Gasteiger partial charge in [-0.2, -0.15) is 0 Å². The van der Waals surface area contributed by atoms with E-state index in [0.29, 0.717) is 18.8 Å². The van der Waals surface area contributed by atoms with Crippen molar-refractivity contribution in [1.82, 2.24) is 0 Å². The first-order valence-corrected chi connectivity index (χ1v) is 6.30. The first kappa shape index (κ1) is 13.4. The van der Waals surface area contributed by atoms with Gasteiger partial charge in [0.05, 0.1) is 0 Å². The fourth-order valence-electron chi connectivity index (χ4n) is 1.42. The van der Waals surface area contributed by atoms with Crippen molar-refractivity contribution in [3.8, 4) is 0 Å². The van der Waals surface area contributed by atoms with Crippen LogP contribution in [0.2, 0.25) is 0 Å². The topological polar surface area (TPSA) is 43.1 Å². The number of hydrogen-bond donors (Lipinski definition) is 1. The minimum Gasteiger partial charge on any atom is -0.327 e. The van der Waals surface area contributed by atoms with Gasteiger partial charge < -0.3 is 5.73 Å². The summed E-state index contributed by atoms with van der Waals surface area (Å²) in [5, 5.41) is 0. The molecule has 3 heteroatoms. The quantitative estimate of drug-likeness (QED) is 0.903. The van der Waals surface area contributed by atoms with Crippen LogP contribution in [0.1, 0.15) is 25.8 Å². The van der Waals surface area contributed by atoms with Crippen LogP contribution in [-0.4, -0.2) is 11.8 Å². The summed E-state index contributed by atoms with van der Waals surface area (Å²) in [7, 11) is 0. The molecule has 0 heterocycles. The van der Waals surface area contributed by atoms with Gasteiger partial charge >= 0.3 is 0 Å². The molecule has 0 aromatic heterocycles. The zero-order chi connectivity index (χ0) is 12.1. The Morgan fingerprint density at radius 3 is 2.56 bits per heavy atom. The SMILES string of the molecule is CC(C)C(N)CC(=O)Cc1ccccc1Br. The van der Waals surface area contributed by atoms with Gasteiger partial charge in [0.2, 0.25) is 0 Å². The monoisotopic (exact) mass is 283 g/mol. The van der Waals surface area contributed by atoms with Gasteiger partial charge in [0.25, 0.3) is 0 Å². The molecule has 0 saturated carbocycles. The van der Waals surface area contributed by atoms with Gasteiger partial charge in [0, 0.05) is 23.4 Å². The lowest BCUT2D eigenvalue weighted by atomic mass is 9.97. The van der Waals surface area contributed by atoms with Crippen LogP contribution >= 0.6 is 15.9 Å². The maximum absolute atomic E-state index is 11.8. The van der Waals surface area contributed by atoms with Crippen LogP contribution in [0, 0.1) is 5.92 Å². The fourth-order valence-corrected chi connectivity index (χ4v) is 1.85. The van der Waals surface area contributed by atoms with Crippen molar-refractivity contribution in [1.29, 1.82) is 0 Å². The zero-order valence-corrected chi connectivity index (χ0v) is 11.3. The van der Waals surface area contributed by atoms with E-state index < -0.39 is 0 Å². The van der Waals surface area contributed by atoms with E-state index in [1.807, 2.05) is 38.1 Å². The Hall–Kier alpha value is -0.670. The van der Waals surface area contributed by atoms with Crippen molar-refractivity contribution in [3.05, 3.63) is 34.3 Å². The molecule has 0 aliphatic heterocycles. The number of rotatable bonds is 5. The first-order valence-electron chi connectivity index (χ1n) is 5.51. The molecule has 0 fully saturated rings. The Kier molecular flexibility index (Phi) is 5.16. The number of benzene rings is 1. The summed E-state index contributed by atoms with van der Waals surface area (Å²) in [4.78, 5) is 11.8. The van der Waals surface area contributed by atoms with Gasteiger partial charge in [-0.15, -0.1) is 0 Å². The van der Waals surface area contributed by atoms with Crippen molar-refractivity contribution in [2.45, 2.75) is 32.7 Å². The predicted molar refractivity (Wildman–Crippen MR) is 70.3 cm³/mol. The Morgan fingerprint density at radius 1 is 1.38 bits per heavy atom. The number of Topliss-reactive ketones (excluding diaryl/α,β-unsaturated/α-hetero) is 1. The van der Waals surface area contributed by atoms with Gasteiger partial charge in [0.1, 0.15) is 5.78 Å². The van der Waals surface area contributed by atoms with E-state index in [-0.39, 0.29) is 11.8 Å². The third-order valence-corrected chi connectivity index (χ3v) is 3.44. The van der Waals surface area contributed by atoms with E-state index in [0.717, 1.165) is 10.0 Å². The maximum Gasteiger partial charge on any atom is 0.138 e. The van der Waals surface area contributed by atoms with E-state index in [9.17, 15) is 4.79 Å². The molecule has 2 nitrogen and oxygen atoms in total. The highest BCUT2D eigenvalue weighted by Crippen LogP contribution is 2.17. The summed E-state index contributed by atoms with van der Waals surface area (Å²) >= 11 is 3.44. The summed E-state index contributed by atoms with van der Waals surface area (Å²) in [5.41, 5.74) is 6.91. The van der Waals surface area contributed by atoms with Crippen LogP contribution in [0.3, 0.4) is 0 Å². The molecule has 0 radical (unpaired) electrons. The second-order valence-electron chi connectivity index (χ2n) is 4.42. The van der Waals surface area contributed by atoms with Gasteiger partial charge in [-0.3, -0.25) is 4.79 Å². The van der Waals surface area contributed by atoms with Crippen molar-refractivity contribution < 1.29 is 4.79 Å². The molecule has 0 aliphatic carbocycles. The molecule has 0 saturated heterocycles. The molecule has 1 unspecified atom stereocenters. The minimum atomic E-state index is -0.0324.